The molecule has 0 radical (unpaired) electrons. The first-order valence-electron chi connectivity index (χ1n) is 12.3. The lowest BCUT2D eigenvalue weighted by Gasteiger charge is -2.34. The topological polar surface area (TPSA) is 151 Å². The summed E-state index contributed by atoms with van der Waals surface area (Å²) in [4.78, 5) is 52.5. The highest BCUT2D eigenvalue weighted by Gasteiger charge is 2.37. The number of hydrogen-bond donors (Lipinski definition) is 4. The molecule has 202 valence electrons. The molecular formula is C26H42N4O6. The van der Waals surface area contributed by atoms with Crippen LogP contribution in [0.2, 0.25) is 0 Å². The van der Waals surface area contributed by atoms with Crippen LogP contribution in [0.5, 0.6) is 0 Å². The van der Waals surface area contributed by atoms with Gasteiger partial charge in [0, 0.05) is 13.1 Å². The van der Waals surface area contributed by atoms with Crippen molar-refractivity contribution in [3.8, 4) is 0 Å². The first-order valence-corrected chi connectivity index (χ1v) is 12.3. The maximum atomic E-state index is 13.7. The summed E-state index contributed by atoms with van der Waals surface area (Å²) in [6.07, 6.45) is 1.29. The van der Waals surface area contributed by atoms with Gasteiger partial charge in [-0.1, -0.05) is 43.5 Å². The molecule has 0 aliphatic carbocycles. The predicted octanol–water partition coefficient (Wildman–Crippen LogP) is 2.24. The molecule has 0 spiro atoms. The van der Waals surface area contributed by atoms with E-state index in [4.69, 9.17) is 10.5 Å². The van der Waals surface area contributed by atoms with Crippen molar-refractivity contribution in [1.82, 2.24) is 15.5 Å². The van der Waals surface area contributed by atoms with Gasteiger partial charge >= 0.3 is 6.09 Å². The van der Waals surface area contributed by atoms with Gasteiger partial charge in [-0.3, -0.25) is 14.4 Å². The Hall–Kier alpha value is -3.14. The maximum absolute atomic E-state index is 13.7. The molecule has 1 aromatic carbocycles. The molecule has 0 saturated heterocycles. The molecule has 10 heteroatoms. The highest BCUT2D eigenvalue weighted by atomic mass is 16.6. The number of aryl methyl sites for hydroxylation is 2. The summed E-state index contributed by atoms with van der Waals surface area (Å²) in [5, 5.41) is 15.1. The highest BCUT2D eigenvalue weighted by molar-refractivity contribution is 5.94. The van der Waals surface area contributed by atoms with E-state index >= 15 is 0 Å². The lowest BCUT2D eigenvalue weighted by molar-refractivity contribution is -0.143. The Kier molecular flexibility index (Phi) is 12.4. The van der Waals surface area contributed by atoms with Crippen LogP contribution in [0.15, 0.2) is 18.2 Å². The second-order valence-corrected chi connectivity index (χ2v) is 9.89. The molecular weight excluding hydrogens is 464 g/mol. The highest BCUT2D eigenvalue weighted by Crippen LogP contribution is 2.27. The number of alkyl carbamates (subject to hydrolysis) is 1. The van der Waals surface area contributed by atoms with Crippen LogP contribution in [0.4, 0.5) is 4.79 Å². The Balaban J connectivity index is 3.44. The number of nitrogens with zero attached hydrogens (tertiary/aromatic N) is 1. The first-order chi connectivity index (χ1) is 16.8. The van der Waals surface area contributed by atoms with E-state index in [9.17, 15) is 24.3 Å². The molecule has 2 unspecified atom stereocenters. The van der Waals surface area contributed by atoms with Gasteiger partial charge < -0.3 is 31.1 Å². The van der Waals surface area contributed by atoms with Crippen molar-refractivity contribution in [2.24, 2.45) is 5.73 Å². The van der Waals surface area contributed by atoms with Crippen molar-refractivity contribution in [1.29, 1.82) is 0 Å². The second-order valence-electron chi connectivity index (χ2n) is 9.89. The van der Waals surface area contributed by atoms with E-state index in [1.54, 1.807) is 20.8 Å². The van der Waals surface area contributed by atoms with Crippen LogP contribution in [-0.2, 0) is 19.1 Å². The number of unbranched alkanes of at least 4 members (excludes halogenated alkanes) is 2. The largest absolute Gasteiger partial charge is 0.444 e. The summed E-state index contributed by atoms with van der Waals surface area (Å²) in [5.74, 6) is -1.97. The number of carbonyl (C=O) groups excluding carboxylic acids is 4. The number of amides is 4. The average molecular weight is 507 g/mol. The van der Waals surface area contributed by atoms with Crippen LogP contribution in [0.25, 0.3) is 0 Å². The Morgan fingerprint density at radius 3 is 2.36 bits per heavy atom. The molecule has 1 aromatic rings. The molecule has 1 rings (SSSR count). The number of rotatable bonds is 13. The third-order valence-electron chi connectivity index (χ3n) is 5.39. The summed E-state index contributed by atoms with van der Waals surface area (Å²) in [7, 11) is 0. The van der Waals surface area contributed by atoms with Crippen molar-refractivity contribution in [2.45, 2.75) is 84.9 Å². The lowest BCUT2D eigenvalue weighted by Crippen LogP contribution is -2.54. The number of primary amides is 1. The van der Waals surface area contributed by atoms with Crippen LogP contribution in [-0.4, -0.2) is 65.2 Å². The smallest absolute Gasteiger partial charge is 0.408 e. The zero-order valence-corrected chi connectivity index (χ0v) is 22.3. The average Bonchev–Trinajstić information content (AvgIpc) is 2.76. The number of ether oxygens (including phenoxy) is 1. The molecule has 2 atom stereocenters. The van der Waals surface area contributed by atoms with Gasteiger partial charge in [0.05, 0.1) is 13.0 Å². The SMILES string of the molecule is CCCCCNC(=O)C(c1cc(C)ccc1C)N(CCO)C(=O)C(CC(N)=O)NC(=O)OC(C)(C)C. The van der Waals surface area contributed by atoms with E-state index in [1.165, 1.54) is 4.90 Å². The minimum absolute atomic E-state index is 0.204. The minimum atomic E-state index is -1.38. The monoisotopic (exact) mass is 506 g/mol. The normalized spacial score (nSPS) is 12.9. The van der Waals surface area contributed by atoms with Gasteiger partial charge in [-0.25, -0.2) is 4.79 Å². The number of nitrogens with one attached hydrogen (secondary N) is 2. The van der Waals surface area contributed by atoms with E-state index in [2.05, 4.69) is 17.6 Å². The first kappa shape index (κ1) is 30.9. The fourth-order valence-electron chi connectivity index (χ4n) is 3.71. The van der Waals surface area contributed by atoms with Gasteiger partial charge in [-0.05, 0) is 52.2 Å². The molecule has 36 heavy (non-hydrogen) atoms. The summed E-state index contributed by atoms with van der Waals surface area (Å²) in [5.41, 5.74) is 6.77. The summed E-state index contributed by atoms with van der Waals surface area (Å²) in [6.45, 7) is 10.5. The number of hydrogen-bond acceptors (Lipinski definition) is 6. The van der Waals surface area contributed by atoms with Crippen molar-refractivity contribution < 1.29 is 29.0 Å². The fraction of sp³-hybridized carbons (Fsp3) is 0.615. The molecule has 0 aromatic heterocycles. The zero-order chi connectivity index (χ0) is 27.5. The van der Waals surface area contributed by atoms with Gasteiger partial charge in [0.2, 0.25) is 17.7 Å². The molecule has 5 N–H and O–H groups in total. The predicted molar refractivity (Wildman–Crippen MR) is 137 cm³/mol. The molecule has 0 bridgehead atoms. The van der Waals surface area contributed by atoms with Gasteiger partial charge in [0.25, 0.3) is 0 Å². The molecule has 0 heterocycles. The van der Waals surface area contributed by atoms with Gasteiger partial charge in [-0.15, -0.1) is 0 Å². The standard InChI is InChI=1S/C26H42N4O6/c1-7-8-9-12-28-23(33)22(19-15-17(2)10-11-18(19)3)30(13-14-31)24(34)20(16-21(27)32)29-25(35)36-26(4,5)6/h10-11,15,20,22,31H,7-9,12-14,16H2,1-6H3,(H2,27,32)(H,28,33)(H,29,35). The van der Waals surface area contributed by atoms with E-state index < -0.39 is 54.5 Å². The summed E-state index contributed by atoms with van der Waals surface area (Å²) in [6, 6.07) is 3.08. The summed E-state index contributed by atoms with van der Waals surface area (Å²) >= 11 is 0. The van der Waals surface area contributed by atoms with Crippen molar-refractivity contribution in [2.75, 3.05) is 19.7 Å². The second kappa shape index (κ2) is 14.4. The lowest BCUT2D eigenvalue weighted by atomic mass is 9.96. The number of carbonyl (C=O) groups is 4. The van der Waals surface area contributed by atoms with E-state index in [-0.39, 0.29) is 6.54 Å². The number of aliphatic hydroxyl groups excluding tert-OH is 1. The molecule has 0 aliphatic rings. The van der Waals surface area contributed by atoms with Crippen LogP contribution in [0.1, 0.15) is 76.1 Å². The molecule has 4 amide bonds. The number of aliphatic hydroxyl groups is 1. The Morgan fingerprint density at radius 2 is 1.81 bits per heavy atom. The molecule has 0 aliphatic heterocycles. The van der Waals surface area contributed by atoms with Gasteiger partial charge in [-0.2, -0.15) is 0 Å². The Bertz CT molecular complexity index is 912. The van der Waals surface area contributed by atoms with Crippen LogP contribution < -0.4 is 16.4 Å². The van der Waals surface area contributed by atoms with Gasteiger partial charge in [0.15, 0.2) is 0 Å². The van der Waals surface area contributed by atoms with Crippen molar-refractivity contribution >= 4 is 23.8 Å². The van der Waals surface area contributed by atoms with Crippen LogP contribution >= 0.6 is 0 Å². The van der Waals surface area contributed by atoms with Gasteiger partial charge in [0.1, 0.15) is 17.7 Å². The third-order valence-corrected chi connectivity index (χ3v) is 5.39. The summed E-state index contributed by atoms with van der Waals surface area (Å²) < 4.78 is 5.24. The fourth-order valence-corrected chi connectivity index (χ4v) is 3.71. The van der Waals surface area contributed by atoms with E-state index in [0.29, 0.717) is 12.1 Å². The Morgan fingerprint density at radius 1 is 1.14 bits per heavy atom. The third kappa shape index (κ3) is 10.2. The van der Waals surface area contributed by atoms with E-state index in [0.717, 1.165) is 30.4 Å². The van der Waals surface area contributed by atoms with Crippen molar-refractivity contribution in [3.63, 3.8) is 0 Å². The molecule has 10 nitrogen and oxygen atoms in total. The quantitative estimate of drug-likeness (QED) is 0.301. The maximum Gasteiger partial charge on any atom is 0.408 e. The van der Waals surface area contributed by atoms with Crippen LogP contribution in [0, 0.1) is 13.8 Å². The minimum Gasteiger partial charge on any atom is -0.444 e. The molecule has 0 saturated carbocycles. The number of nitrogens with two attached hydrogens (primary N) is 1. The number of benzene rings is 1. The van der Waals surface area contributed by atoms with Crippen molar-refractivity contribution in [3.05, 3.63) is 34.9 Å². The zero-order valence-electron chi connectivity index (χ0n) is 22.3. The van der Waals surface area contributed by atoms with E-state index in [1.807, 2.05) is 32.0 Å². The Labute approximate surface area is 213 Å². The van der Waals surface area contributed by atoms with Crippen LogP contribution in [0.3, 0.4) is 0 Å². The molecule has 0 fully saturated rings.